The minimum atomic E-state index is -0.0831. The number of piperidine rings is 1. The summed E-state index contributed by atoms with van der Waals surface area (Å²) < 4.78 is 13.9. The van der Waals surface area contributed by atoms with Gasteiger partial charge in [0.2, 0.25) is 0 Å². The Bertz CT molecular complexity index is 1730. The SMILES string of the molecule is COc1cc(/C=c2\sc3nc4ccccc4n3c2=O)ccc1OCc1ccc(C(=O)N2CCCCC2)cc1. The third kappa shape index (κ3) is 4.63. The zero-order chi connectivity index (χ0) is 26.1. The van der Waals surface area contributed by atoms with Gasteiger partial charge in [0.25, 0.3) is 11.5 Å². The van der Waals surface area contributed by atoms with Gasteiger partial charge in [-0.2, -0.15) is 0 Å². The molecule has 0 atom stereocenters. The maximum absolute atomic E-state index is 13.1. The van der Waals surface area contributed by atoms with Gasteiger partial charge in [0.05, 0.1) is 22.7 Å². The molecule has 1 amide bonds. The molecule has 5 aromatic rings. The summed E-state index contributed by atoms with van der Waals surface area (Å²) in [6.45, 7) is 2.02. The summed E-state index contributed by atoms with van der Waals surface area (Å²) in [5, 5.41) is 0. The van der Waals surface area contributed by atoms with E-state index in [0.717, 1.165) is 48.1 Å². The summed E-state index contributed by atoms with van der Waals surface area (Å²) in [6.07, 6.45) is 5.20. The Morgan fingerprint density at radius 2 is 1.79 bits per heavy atom. The molecule has 192 valence electrons. The number of nitrogens with zero attached hydrogens (tertiary/aromatic N) is 3. The molecule has 1 aliphatic heterocycles. The highest BCUT2D eigenvalue weighted by Gasteiger charge is 2.18. The number of rotatable bonds is 6. The first kappa shape index (κ1) is 24.2. The van der Waals surface area contributed by atoms with E-state index in [2.05, 4.69) is 4.98 Å². The quantitative estimate of drug-likeness (QED) is 0.322. The predicted octanol–water partition coefficient (Wildman–Crippen LogP) is 4.67. The van der Waals surface area contributed by atoms with E-state index in [1.165, 1.54) is 17.8 Å². The Morgan fingerprint density at radius 1 is 1.00 bits per heavy atom. The van der Waals surface area contributed by atoms with Gasteiger partial charge in [0.15, 0.2) is 16.5 Å². The molecule has 0 saturated carbocycles. The normalized spacial score (nSPS) is 14.3. The van der Waals surface area contributed by atoms with Crippen molar-refractivity contribution >= 4 is 39.3 Å². The molecule has 0 N–H and O–H groups in total. The van der Waals surface area contributed by atoms with Crippen LogP contribution in [0.15, 0.2) is 71.5 Å². The first-order valence-electron chi connectivity index (χ1n) is 12.7. The molecular formula is C30H27N3O4S. The number of fused-ring (bicyclic) bond motifs is 3. The number of methoxy groups -OCH3 is 1. The average Bonchev–Trinajstić information content (AvgIpc) is 3.48. The Morgan fingerprint density at radius 3 is 2.58 bits per heavy atom. The summed E-state index contributed by atoms with van der Waals surface area (Å²) in [6, 6.07) is 20.8. The number of thiazole rings is 1. The molecule has 2 aromatic heterocycles. The van der Waals surface area contributed by atoms with Gasteiger partial charge in [0, 0.05) is 18.7 Å². The summed E-state index contributed by atoms with van der Waals surface area (Å²) in [5.74, 6) is 1.28. The zero-order valence-electron chi connectivity index (χ0n) is 21.1. The van der Waals surface area contributed by atoms with Crippen LogP contribution >= 0.6 is 11.3 Å². The lowest BCUT2D eigenvalue weighted by Gasteiger charge is -2.26. The molecule has 1 fully saturated rings. The minimum absolute atomic E-state index is 0.0831. The number of aromatic nitrogens is 2. The number of carbonyl (C=O) groups excluding carboxylic acids is 1. The molecule has 38 heavy (non-hydrogen) atoms. The molecule has 0 bridgehead atoms. The summed E-state index contributed by atoms with van der Waals surface area (Å²) in [5.41, 5.74) is 4.05. The number of hydrogen-bond acceptors (Lipinski definition) is 6. The van der Waals surface area contributed by atoms with Gasteiger partial charge in [0.1, 0.15) is 6.61 Å². The molecule has 6 rings (SSSR count). The number of hydrogen-bond donors (Lipinski definition) is 0. The largest absolute Gasteiger partial charge is 0.493 e. The van der Waals surface area contributed by atoms with Crippen molar-refractivity contribution in [2.24, 2.45) is 0 Å². The Hall–Kier alpha value is -4.17. The maximum Gasteiger partial charge on any atom is 0.274 e. The summed E-state index contributed by atoms with van der Waals surface area (Å²) >= 11 is 1.37. The van der Waals surface area contributed by atoms with E-state index in [9.17, 15) is 9.59 Å². The zero-order valence-corrected chi connectivity index (χ0v) is 21.9. The highest BCUT2D eigenvalue weighted by atomic mass is 32.1. The van der Waals surface area contributed by atoms with Gasteiger partial charge in [-0.05, 0) is 72.9 Å². The summed E-state index contributed by atoms with van der Waals surface area (Å²) in [4.78, 5) is 33.0. The number of imidazole rings is 1. The van der Waals surface area contributed by atoms with Crippen LogP contribution in [-0.4, -0.2) is 40.4 Å². The van der Waals surface area contributed by atoms with E-state index in [0.29, 0.717) is 33.2 Å². The van der Waals surface area contributed by atoms with Crippen LogP contribution in [0.2, 0.25) is 0 Å². The molecular weight excluding hydrogens is 498 g/mol. The first-order chi connectivity index (χ1) is 18.6. The number of para-hydroxylation sites is 2. The smallest absolute Gasteiger partial charge is 0.274 e. The van der Waals surface area contributed by atoms with E-state index >= 15 is 0 Å². The fourth-order valence-corrected chi connectivity index (χ4v) is 5.83. The third-order valence-corrected chi connectivity index (χ3v) is 7.84. The summed E-state index contributed by atoms with van der Waals surface area (Å²) in [7, 11) is 1.59. The highest BCUT2D eigenvalue weighted by molar-refractivity contribution is 7.15. The second-order valence-electron chi connectivity index (χ2n) is 9.38. The van der Waals surface area contributed by atoms with E-state index < -0.39 is 0 Å². The van der Waals surface area contributed by atoms with Crippen molar-refractivity contribution in [2.75, 3.05) is 20.2 Å². The van der Waals surface area contributed by atoms with Crippen molar-refractivity contribution in [1.82, 2.24) is 14.3 Å². The maximum atomic E-state index is 13.1. The van der Waals surface area contributed by atoms with Crippen molar-refractivity contribution in [2.45, 2.75) is 25.9 Å². The lowest BCUT2D eigenvalue weighted by molar-refractivity contribution is 0.0724. The van der Waals surface area contributed by atoms with Gasteiger partial charge in [-0.3, -0.25) is 9.59 Å². The van der Waals surface area contributed by atoms with Gasteiger partial charge >= 0.3 is 0 Å². The average molecular weight is 526 g/mol. The first-order valence-corrected chi connectivity index (χ1v) is 13.5. The Balaban J connectivity index is 1.18. The van der Waals surface area contributed by atoms with Gasteiger partial charge in [-0.25, -0.2) is 9.38 Å². The van der Waals surface area contributed by atoms with E-state index in [-0.39, 0.29) is 11.5 Å². The van der Waals surface area contributed by atoms with E-state index in [1.807, 2.05) is 77.7 Å². The predicted molar refractivity (Wildman–Crippen MR) is 149 cm³/mol. The molecule has 0 radical (unpaired) electrons. The molecule has 0 unspecified atom stereocenters. The second kappa shape index (κ2) is 10.3. The Kier molecular flexibility index (Phi) is 6.55. The molecule has 0 spiro atoms. The number of ether oxygens (including phenoxy) is 2. The van der Waals surface area contributed by atoms with Crippen LogP contribution in [0.4, 0.5) is 0 Å². The van der Waals surface area contributed by atoms with Crippen LogP contribution in [0, 0.1) is 0 Å². The van der Waals surface area contributed by atoms with Gasteiger partial charge < -0.3 is 14.4 Å². The van der Waals surface area contributed by atoms with Gasteiger partial charge in [-0.15, -0.1) is 0 Å². The van der Waals surface area contributed by atoms with Crippen molar-refractivity contribution in [3.63, 3.8) is 0 Å². The standard InChI is InChI=1S/C30H27N3O4S/c1-36-26-17-21(18-27-29(35)33-24-8-4-3-7-23(24)31-30(33)38-27)11-14-25(26)37-19-20-9-12-22(13-10-20)28(34)32-15-5-2-6-16-32/h3-4,7-14,17-18H,2,5-6,15-16,19H2,1H3/b27-18-. The number of carbonyl (C=O) groups is 1. The molecule has 1 saturated heterocycles. The molecule has 8 heteroatoms. The fourth-order valence-electron chi connectivity index (χ4n) is 4.84. The van der Waals surface area contributed by atoms with Crippen LogP contribution in [0.5, 0.6) is 11.5 Å². The number of benzene rings is 3. The topological polar surface area (TPSA) is 73.1 Å². The van der Waals surface area contributed by atoms with Crippen molar-refractivity contribution in [3.8, 4) is 11.5 Å². The fraction of sp³-hybridized carbons (Fsp3) is 0.233. The van der Waals surface area contributed by atoms with Crippen molar-refractivity contribution < 1.29 is 14.3 Å². The molecule has 3 aromatic carbocycles. The van der Waals surface area contributed by atoms with Crippen molar-refractivity contribution in [3.05, 3.63) is 98.3 Å². The van der Waals surface area contributed by atoms with Gasteiger partial charge in [-0.1, -0.05) is 41.7 Å². The lowest BCUT2D eigenvalue weighted by atomic mass is 10.1. The Labute approximate surface area is 223 Å². The number of amides is 1. The van der Waals surface area contributed by atoms with E-state index in [4.69, 9.17) is 9.47 Å². The monoisotopic (exact) mass is 525 g/mol. The number of likely N-dealkylation sites (tertiary alicyclic amines) is 1. The van der Waals surface area contributed by atoms with Crippen LogP contribution in [0.3, 0.4) is 0 Å². The van der Waals surface area contributed by atoms with E-state index in [1.54, 1.807) is 11.5 Å². The molecule has 7 nitrogen and oxygen atoms in total. The molecule has 3 heterocycles. The van der Waals surface area contributed by atoms with Crippen LogP contribution in [-0.2, 0) is 6.61 Å². The minimum Gasteiger partial charge on any atom is -0.493 e. The highest BCUT2D eigenvalue weighted by Crippen LogP contribution is 2.29. The molecule has 0 aliphatic carbocycles. The second-order valence-corrected chi connectivity index (χ2v) is 10.4. The van der Waals surface area contributed by atoms with Crippen LogP contribution in [0.1, 0.15) is 40.7 Å². The third-order valence-electron chi connectivity index (χ3n) is 6.87. The lowest BCUT2D eigenvalue weighted by Crippen LogP contribution is -2.35. The van der Waals surface area contributed by atoms with Crippen LogP contribution < -0.4 is 19.6 Å². The molecule has 1 aliphatic rings. The van der Waals surface area contributed by atoms with Crippen molar-refractivity contribution in [1.29, 1.82) is 0 Å². The van der Waals surface area contributed by atoms with Crippen LogP contribution in [0.25, 0.3) is 22.1 Å².